The van der Waals surface area contributed by atoms with Crippen LogP contribution in [0.4, 0.5) is 22.7 Å². The van der Waals surface area contributed by atoms with Gasteiger partial charge in [0.15, 0.2) is 23.0 Å². The zero-order valence-electron chi connectivity index (χ0n) is 26.1. The highest BCUT2D eigenvalue weighted by Gasteiger charge is 2.54. The van der Waals surface area contributed by atoms with E-state index in [1.54, 1.807) is 0 Å². The molecule has 3 aliphatic rings. The first-order valence-electron chi connectivity index (χ1n) is 15.3. The van der Waals surface area contributed by atoms with Gasteiger partial charge in [0.2, 0.25) is 0 Å². The first-order valence-corrected chi connectivity index (χ1v) is 15.3. The van der Waals surface area contributed by atoms with E-state index in [0.717, 1.165) is 52.0 Å². The van der Waals surface area contributed by atoms with Crippen LogP contribution >= 0.6 is 0 Å². The Labute approximate surface area is 250 Å². The van der Waals surface area contributed by atoms with E-state index < -0.39 is 0 Å². The number of hydrogen-bond acceptors (Lipinski definition) is 4. The molecule has 0 atom stereocenters. The Bertz CT molecular complexity index is 1600. The molecule has 4 nitrogen and oxygen atoms in total. The van der Waals surface area contributed by atoms with E-state index in [2.05, 4.69) is 132 Å². The quantitative estimate of drug-likeness (QED) is 0.215. The maximum absolute atomic E-state index is 6.67. The molecule has 1 saturated heterocycles. The van der Waals surface area contributed by atoms with Crippen molar-refractivity contribution in [2.24, 2.45) is 5.41 Å². The fraction of sp³-hybridized carbons (Fsp3) is 0.342. The molecule has 3 heterocycles. The van der Waals surface area contributed by atoms with Crippen LogP contribution in [0.15, 0.2) is 78.9 Å². The van der Waals surface area contributed by atoms with Crippen LogP contribution < -0.4 is 19.3 Å². The molecule has 0 bridgehead atoms. The summed E-state index contributed by atoms with van der Waals surface area (Å²) in [6, 6.07) is 29.2. The second-order valence-corrected chi connectivity index (χ2v) is 13.9. The molecule has 1 radical (unpaired) electrons. The number of ether oxygens (including phenoxy) is 2. The number of benzene rings is 4. The van der Waals surface area contributed by atoms with E-state index in [4.69, 9.17) is 9.47 Å². The molecule has 7 rings (SSSR count). The standard InChI is InChI=1S/C38H41N2O2/c1-23(2)26-14-13-15-27(24(3)4)34(26)40-36(37(5,6)22-38(40,7)8)25-20-32-35-33(21-25)42-31-19-12-10-17-29(31)39(35)28-16-9-11-18-30(28)41-32/h9-21,23-24H,22H2,1-8H3. The van der Waals surface area contributed by atoms with Gasteiger partial charge in [-0.3, -0.25) is 4.90 Å². The van der Waals surface area contributed by atoms with E-state index in [1.165, 1.54) is 22.9 Å². The van der Waals surface area contributed by atoms with Gasteiger partial charge >= 0.3 is 0 Å². The van der Waals surface area contributed by atoms with Crippen molar-refractivity contribution in [2.75, 3.05) is 9.80 Å². The largest absolute Gasteiger partial charge is 0.453 e. The van der Waals surface area contributed by atoms with Crippen molar-refractivity contribution in [3.05, 3.63) is 102 Å². The molecule has 4 aromatic rings. The van der Waals surface area contributed by atoms with E-state index in [-0.39, 0.29) is 11.0 Å². The van der Waals surface area contributed by atoms with Gasteiger partial charge in [-0.2, -0.15) is 0 Å². The summed E-state index contributed by atoms with van der Waals surface area (Å²) in [5.41, 5.74) is 8.14. The summed E-state index contributed by atoms with van der Waals surface area (Å²) in [5, 5.41) is 0. The number of nitrogens with zero attached hydrogens (tertiary/aromatic N) is 2. The third-order valence-corrected chi connectivity index (χ3v) is 9.10. The maximum Gasteiger partial charge on any atom is 0.155 e. The second kappa shape index (κ2) is 9.29. The molecule has 0 N–H and O–H groups in total. The van der Waals surface area contributed by atoms with Gasteiger partial charge in [0.25, 0.3) is 0 Å². The predicted octanol–water partition coefficient (Wildman–Crippen LogP) is 11.2. The number of anilines is 4. The lowest BCUT2D eigenvalue weighted by molar-refractivity contribution is 0.376. The van der Waals surface area contributed by atoms with Gasteiger partial charge in [-0.1, -0.05) is 84.0 Å². The minimum atomic E-state index is -0.0897. The molecule has 0 spiro atoms. The van der Waals surface area contributed by atoms with Crippen LogP contribution in [0.5, 0.6) is 23.0 Å². The van der Waals surface area contributed by atoms with Crippen molar-refractivity contribution in [3.8, 4) is 23.0 Å². The van der Waals surface area contributed by atoms with Crippen LogP contribution in [0.3, 0.4) is 0 Å². The van der Waals surface area contributed by atoms with Crippen molar-refractivity contribution in [3.63, 3.8) is 0 Å². The zero-order valence-corrected chi connectivity index (χ0v) is 26.1. The van der Waals surface area contributed by atoms with Crippen molar-refractivity contribution in [2.45, 2.75) is 79.2 Å². The Balaban J connectivity index is 1.47. The molecular weight excluding hydrogens is 516 g/mol. The van der Waals surface area contributed by atoms with Crippen molar-refractivity contribution in [1.29, 1.82) is 0 Å². The monoisotopic (exact) mass is 557 g/mol. The third kappa shape index (κ3) is 3.95. The minimum absolute atomic E-state index is 0.0817. The average molecular weight is 558 g/mol. The van der Waals surface area contributed by atoms with Crippen molar-refractivity contribution < 1.29 is 9.47 Å². The fourth-order valence-electron chi connectivity index (χ4n) is 7.71. The van der Waals surface area contributed by atoms with Gasteiger partial charge in [-0.25, -0.2) is 0 Å². The molecule has 0 aliphatic carbocycles. The molecule has 0 amide bonds. The molecular formula is C38H41N2O2. The highest BCUT2D eigenvalue weighted by Crippen LogP contribution is 2.63. The smallest absolute Gasteiger partial charge is 0.155 e. The first-order chi connectivity index (χ1) is 20.0. The number of fused-ring (bicyclic) bond motifs is 4. The Morgan fingerprint density at radius 1 is 0.619 bits per heavy atom. The molecule has 42 heavy (non-hydrogen) atoms. The Kier molecular flexibility index (Phi) is 5.96. The molecule has 4 heteroatoms. The van der Waals surface area contributed by atoms with Gasteiger partial charge in [0.1, 0.15) is 5.69 Å². The van der Waals surface area contributed by atoms with Gasteiger partial charge in [-0.05, 0) is 90.6 Å². The van der Waals surface area contributed by atoms with Crippen LogP contribution in [-0.2, 0) is 0 Å². The van der Waals surface area contributed by atoms with Gasteiger partial charge in [0.05, 0.1) is 17.4 Å². The molecule has 1 fully saturated rings. The number of hydrogen-bond donors (Lipinski definition) is 0. The predicted molar refractivity (Wildman–Crippen MR) is 173 cm³/mol. The molecule has 0 saturated carbocycles. The maximum atomic E-state index is 6.67. The number of rotatable bonds is 4. The summed E-state index contributed by atoms with van der Waals surface area (Å²) < 4.78 is 13.3. The molecule has 0 unspecified atom stereocenters. The Morgan fingerprint density at radius 3 is 1.62 bits per heavy atom. The SMILES string of the molecule is CC(C)c1cccc(C(C)C)c1N1[C](c2cc3c4c(c2)Oc2ccccc2N4c2ccccc2O3)C(C)(C)CC1(C)C. The van der Waals surface area contributed by atoms with Crippen LogP contribution in [-0.4, -0.2) is 5.54 Å². The third-order valence-electron chi connectivity index (χ3n) is 9.10. The highest BCUT2D eigenvalue weighted by molar-refractivity contribution is 5.94. The Hall–Kier alpha value is -3.92. The Morgan fingerprint density at radius 2 is 1.12 bits per heavy atom. The van der Waals surface area contributed by atoms with Crippen LogP contribution in [0, 0.1) is 11.5 Å². The van der Waals surface area contributed by atoms with Gasteiger partial charge in [0, 0.05) is 11.2 Å². The van der Waals surface area contributed by atoms with Crippen molar-refractivity contribution in [1.82, 2.24) is 0 Å². The first kappa shape index (κ1) is 26.9. The molecule has 215 valence electrons. The van der Waals surface area contributed by atoms with Gasteiger partial charge in [-0.15, -0.1) is 0 Å². The molecule has 3 aliphatic heterocycles. The van der Waals surface area contributed by atoms with Gasteiger partial charge < -0.3 is 14.4 Å². The minimum Gasteiger partial charge on any atom is -0.453 e. The van der Waals surface area contributed by atoms with Crippen LogP contribution in [0.2, 0.25) is 0 Å². The summed E-state index contributed by atoms with van der Waals surface area (Å²) in [6.07, 6.45) is 1.03. The van der Waals surface area contributed by atoms with E-state index >= 15 is 0 Å². The molecule has 4 aromatic carbocycles. The lowest BCUT2D eigenvalue weighted by Gasteiger charge is -2.43. The average Bonchev–Trinajstić information content (AvgIpc) is 3.14. The van der Waals surface area contributed by atoms with Crippen LogP contribution in [0.1, 0.15) is 90.3 Å². The number of para-hydroxylation sites is 5. The lowest BCUT2D eigenvalue weighted by Crippen LogP contribution is -2.42. The summed E-state index contributed by atoms with van der Waals surface area (Å²) in [5.74, 6) is 4.15. The van der Waals surface area contributed by atoms with Crippen LogP contribution in [0.25, 0.3) is 0 Å². The van der Waals surface area contributed by atoms with Crippen molar-refractivity contribution >= 4 is 22.7 Å². The van der Waals surface area contributed by atoms with E-state index in [0.29, 0.717) is 11.8 Å². The summed E-state index contributed by atoms with van der Waals surface area (Å²) in [7, 11) is 0. The topological polar surface area (TPSA) is 24.9 Å². The fourth-order valence-corrected chi connectivity index (χ4v) is 7.71. The van der Waals surface area contributed by atoms with E-state index in [1.807, 2.05) is 12.1 Å². The summed E-state index contributed by atoms with van der Waals surface area (Å²) in [4.78, 5) is 4.96. The normalized spacial score (nSPS) is 18.0. The zero-order chi connectivity index (χ0) is 29.6. The lowest BCUT2D eigenvalue weighted by atomic mass is 9.78. The van der Waals surface area contributed by atoms with E-state index in [9.17, 15) is 0 Å². The molecule has 0 aromatic heterocycles. The highest BCUT2D eigenvalue weighted by atomic mass is 16.5. The summed E-state index contributed by atoms with van der Waals surface area (Å²) >= 11 is 0. The summed E-state index contributed by atoms with van der Waals surface area (Å²) in [6.45, 7) is 18.8. The second-order valence-electron chi connectivity index (χ2n) is 13.9.